The fourth-order valence-corrected chi connectivity index (χ4v) is 2.84. The lowest BCUT2D eigenvalue weighted by Crippen LogP contribution is -2.45. The number of carbonyl (C=O) groups excluding carboxylic acids is 3. The number of piperidine rings is 1. The summed E-state index contributed by atoms with van der Waals surface area (Å²) in [6.45, 7) is 4.54. The Labute approximate surface area is 119 Å². The predicted octanol–water partition coefficient (Wildman–Crippen LogP) is -0.0165. The molecule has 0 unspecified atom stereocenters. The number of amides is 3. The van der Waals surface area contributed by atoms with Gasteiger partial charge in [-0.3, -0.25) is 14.4 Å². The fourth-order valence-electron chi connectivity index (χ4n) is 2.84. The Morgan fingerprint density at radius 1 is 1.00 bits per heavy atom. The van der Waals surface area contributed by atoms with E-state index in [4.69, 9.17) is 0 Å². The summed E-state index contributed by atoms with van der Waals surface area (Å²) in [7, 11) is 0. The van der Waals surface area contributed by atoms with Crippen LogP contribution in [0, 0.1) is 5.92 Å². The second-order valence-corrected chi connectivity index (χ2v) is 5.59. The van der Waals surface area contributed by atoms with E-state index in [0.717, 1.165) is 25.9 Å². The maximum atomic E-state index is 12.0. The quantitative estimate of drug-likeness (QED) is 0.790. The molecule has 2 aliphatic heterocycles. The smallest absolute Gasteiger partial charge is 0.241 e. The van der Waals surface area contributed by atoms with Gasteiger partial charge in [-0.1, -0.05) is 0 Å². The highest BCUT2D eigenvalue weighted by molar-refractivity contribution is 5.86. The summed E-state index contributed by atoms with van der Waals surface area (Å²) in [4.78, 5) is 38.6. The van der Waals surface area contributed by atoms with Gasteiger partial charge in [-0.25, -0.2) is 0 Å². The fraction of sp³-hybridized carbons (Fsp3) is 0.786. The van der Waals surface area contributed by atoms with Crippen LogP contribution < -0.4 is 5.32 Å². The van der Waals surface area contributed by atoms with Gasteiger partial charge in [0.1, 0.15) is 0 Å². The first kappa shape index (κ1) is 14.8. The number of hydrogen-bond donors (Lipinski definition) is 1. The zero-order valence-corrected chi connectivity index (χ0v) is 12.1. The molecule has 20 heavy (non-hydrogen) atoms. The highest BCUT2D eigenvalue weighted by atomic mass is 16.2. The third kappa shape index (κ3) is 3.71. The van der Waals surface area contributed by atoms with E-state index in [0.29, 0.717) is 25.9 Å². The van der Waals surface area contributed by atoms with Crippen LogP contribution in [-0.4, -0.2) is 60.2 Å². The van der Waals surface area contributed by atoms with E-state index in [1.807, 2.05) is 0 Å². The molecule has 2 fully saturated rings. The van der Waals surface area contributed by atoms with Crippen LogP contribution in [-0.2, 0) is 14.4 Å². The molecular weight excluding hydrogens is 258 g/mol. The molecule has 0 aromatic carbocycles. The lowest BCUT2D eigenvalue weighted by Gasteiger charge is -2.30. The van der Waals surface area contributed by atoms with Gasteiger partial charge in [-0.2, -0.15) is 0 Å². The number of rotatable bonds is 3. The average Bonchev–Trinajstić information content (AvgIpc) is 2.98. The molecule has 112 valence electrons. The Balaban J connectivity index is 1.70. The van der Waals surface area contributed by atoms with Crippen LogP contribution in [0.1, 0.15) is 32.6 Å². The molecule has 6 nitrogen and oxygen atoms in total. The van der Waals surface area contributed by atoms with E-state index >= 15 is 0 Å². The lowest BCUT2D eigenvalue weighted by molar-refractivity contribution is -0.135. The van der Waals surface area contributed by atoms with Crippen molar-refractivity contribution >= 4 is 17.7 Å². The summed E-state index contributed by atoms with van der Waals surface area (Å²) in [6, 6.07) is 0. The minimum Gasteiger partial charge on any atom is -0.347 e. The van der Waals surface area contributed by atoms with Crippen molar-refractivity contribution in [2.45, 2.75) is 32.6 Å². The molecule has 0 aromatic heterocycles. The zero-order valence-electron chi connectivity index (χ0n) is 12.1. The number of carbonyl (C=O) groups is 3. The van der Waals surface area contributed by atoms with Crippen LogP contribution in [0.3, 0.4) is 0 Å². The predicted molar refractivity (Wildman–Crippen MR) is 73.8 cm³/mol. The molecule has 0 radical (unpaired) electrons. The van der Waals surface area contributed by atoms with Gasteiger partial charge in [0, 0.05) is 39.0 Å². The highest BCUT2D eigenvalue weighted by Gasteiger charge is 2.26. The van der Waals surface area contributed by atoms with Gasteiger partial charge in [0.25, 0.3) is 0 Å². The van der Waals surface area contributed by atoms with E-state index in [9.17, 15) is 14.4 Å². The van der Waals surface area contributed by atoms with E-state index in [1.165, 1.54) is 0 Å². The Morgan fingerprint density at radius 2 is 1.60 bits per heavy atom. The SMILES string of the molecule is CC(=O)N1CCC(C(=O)NCC(=O)N2CCCC2)CC1. The van der Waals surface area contributed by atoms with E-state index in [1.54, 1.807) is 16.7 Å². The third-order valence-electron chi connectivity index (χ3n) is 4.18. The largest absolute Gasteiger partial charge is 0.347 e. The molecule has 0 aliphatic carbocycles. The van der Waals surface area contributed by atoms with Crippen LogP contribution in [0.25, 0.3) is 0 Å². The molecule has 2 rings (SSSR count). The zero-order chi connectivity index (χ0) is 14.5. The molecule has 0 aromatic rings. The summed E-state index contributed by atoms with van der Waals surface area (Å²) in [5, 5.41) is 2.74. The summed E-state index contributed by atoms with van der Waals surface area (Å²) in [5.74, 6) is -0.0529. The van der Waals surface area contributed by atoms with Crippen molar-refractivity contribution in [1.29, 1.82) is 0 Å². The number of hydrogen-bond acceptors (Lipinski definition) is 3. The van der Waals surface area contributed by atoms with Crippen molar-refractivity contribution in [3.63, 3.8) is 0 Å². The van der Waals surface area contributed by atoms with Gasteiger partial charge in [-0.15, -0.1) is 0 Å². The van der Waals surface area contributed by atoms with Crippen molar-refractivity contribution in [1.82, 2.24) is 15.1 Å². The van der Waals surface area contributed by atoms with Crippen LogP contribution in [0.4, 0.5) is 0 Å². The Kier molecular flexibility index (Phi) is 4.98. The normalized spacial score (nSPS) is 20.1. The number of nitrogens with one attached hydrogen (secondary N) is 1. The molecule has 2 aliphatic rings. The van der Waals surface area contributed by atoms with Crippen LogP contribution >= 0.6 is 0 Å². The maximum absolute atomic E-state index is 12.0. The van der Waals surface area contributed by atoms with Crippen LogP contribution in [0.2, 0.25) is 0 Å². The van der Waals surface area contributed by atoms with Crippen LogP contribution in [0.15, 0.2) is 0 Å². The monoisotopic (exact) mass is 281 g/mol. The molecule has 0 spiro atoms. The molecule has 6 heteroatoms. The molecule has 0 bridgehead atoms. The van der Waals surface area contributed by atoms with Crippen molar-refractivity contribution in [2.24, 2.45) is 5.92 Å². The molecule has 2 heterocycles. The van der Waals surface area contributed by atoms with Gasteiger partial charge in [0.15, 0.2) is 0 Å². The van der Waals surface area contributed by atoms with Gasteiger partial charge >= 0.3 is 0 Å². The second kappa shape index (κ2) is 6.72. The first-order valence-corrected chi connectivity index (χ1v) is 7.39. The van der Waals surface area contributed by atoms with Gasteiger partial charge in [-0.05, 0) is 25.7 Å². The van der Waals surface area contributed by atoms with E-state index in [2.05, 4.69) is 5.32 Å². The van der Waals surface area contributed by atoms with Crippen molar-refractivity contribution in [2.75, 3.05) is 32.7 Å². The number of nitrogens with zero attached hydrogens (tertiary/aromatic N) is 2. The van der Waals surface area contributed by atoms with Gasteiger partial charge in [0.2, 0.25) is 17.7 Å². The van der Waals surface area contributed by atoms with E-state index < -0.39 is 0 Å². The average molecular weight is 281 g/mol. The summed E-state index contributed by atoms with van der Waals surface area (Å²) >= 11 is 0. The van der Waals surface area contributed by atoms with Crippen molar-refractivity contribution in [3.8, 4) is 0 Å². The summed E-state index contributed by atoms with van der Waals surface area (Å²) in [5.41, 5.74) is 0. The molecule has 2 saturated heterocycles. The van der Waals surface area contributed by atoms with Crippen molar-refractivity contribution in [3.05, 3.63) is 0 Å². The lowest BCUT2D eigenvalue weighted by atomic mass is 9.96. The first-order chi connectivity index (χ1) is 9.58. The first-order valence-electron chi connectivity index (χ1n) is 7.39. The van der Waals surface area contributed by atoms with E-state index in [-0.39, 0.29) is 30.2 Å². The second-order valence-electron chi connectivity index (χ2n) is 5.59. The maximum Gasteiger partial charge on any atom is 0.241 e. The minimum atomic E-state index is -0.0722. The topological polar surface area (TPSA) is 69.7 Å². The molecule has 3 amide bonds. The molecule has 0 atom stereocenters. The molecule has 0 saturated carbocycles. The molecular formula is C14H23N3O3. The minimum absolute atomic E-state index is 0.0111. The third-order valence-corrected chi connectivity index (χ3v) is 4.18. The Bertz CT molecular complexity index is 383. The van der Waals surface area contributed by atoms with Gasteiger partial charge in [0.05, 0.1) is 6.54 Å². The van der Waals surface area contributed by atoms with Gasteiger partial charge < -0.3 is 15.1 Å². The summed E-state index contributed by atoms with van der Waals surface area (Å²) in [6.07, 6.45) is 3.49. The standard InChI is InChI=1S/C14H23N3O3/c1-11(18)16-8-4-12(5-9-16)14(20)15-10-13(19)17-6-2-3-7-17/h12H,2-10H2,1H3,(H,15,20). The molecule has 1 N–H and O–H groups in total. The number of likely N-dealkylation sites (tertiary alicyclic amines) is 2. The summed E-state index contributed by atoms with van der Waals surface area (Å²) < 4.78 is 0. The Hall–Kier alpha value is -1.59. The van der Waals surface area contributed by atoms with Crippen LogP contribution in [0.5, 0.6) is 0 Å². The highest BCUT2D eigenvalue weighted by Crippen LogP contribution is 2.17. The van der Waals surface area contributed by atoms with Crippen molar-refractivity contribution < 1.29 is 14.4 Å². The Morgan fingerprint density at radius 3 is 2.15 bits per heavy atom.